The van der Waals surface area contributed by atoms with Crippen molar-refractivity contribution in [1.82, 2.24) is 9.78 Å². The summed E-state index contributed by atoms with van der Waals surface area (Å²) in [5.41, 5.74) is 11.7. The van der Waals surface area contributed by atoms with E-state index in [0.29, 0.717) is 12.0 Å². The molecule has 5 nitrogen and oxygen atoms in total. The van der Waals surface area contributed by atoms with E-state index in [1.807, 2.05) is 37.3 Å². The first kappa shape index (κ1) is 21.1. The molecule has 5 heteroatoms. The predicted molar refractivity (Wildman–Crippen MR) is 125 cm³/mol. The summed E-state index contributed by atoms with van der Waals surface area (Å²) in [5.74, 6) is 5.83. The van der Waals surface area contributed by atoms with Gasteiger partial charge in [-0.15, -0.1) is 0 Å². The van der Waals surface area contributed by atoms with Crippen LogP contribution in [0.3, 0.4) is 0 Å². The first-order valence-corrected chi connectivity index (χ1v) is 10.4. The average molecular weight is 422 g/mol. The van der Waals surface area contributed by atoms with Crippen LogP contribution in [0.5, 0.6) is 0 Å². The quantitative estimate of drug-likeness (QED) is 0.472. The third kappa shape index (κ3) is 4.76. The average Bonchev–Trinajstić information content (AvgIpc) is 3.18. The number of carbonyl (C=O) groups excluding carboxylic acids is 2. The third-order valence-corrected chi connectivity index (χ3v) is 5.39. The van der Waals surface area contributed by atoms with Gasteiger partial charge in [0, 0.05) is 17.7 Å². The molecule has 0 radical (unpaired) electrons. The topological polar surface area (TPSA) is 78.0 Å². The molecule has 1 heterocycles. The molecule has 0 fully saturated rings. The summed E-state index contributed by atoms with van der Waals surface area (Å²) in [5, 5.41) is 4.31. The molecule has 1 amide bonds. The van der Waals surface area contributed by atoms with Gasteiger partial charge in [0.05, 0.1) is 0 Å². The van der Waals surface area contributed by atoms with Crippen molar-refractivity contribution >= 4 is 12.2 Å². The fraction of sp³-hybridized carbons (Fsp3) is 0.148. The summed E-state index contributed by atoms with van der Waals surface area (Å²) < 4.78 is 1.73. The minimum atomic E-state index is -0.543. The molecule has 0 spiro atoms. The van der Waals surface area contributed by atoms with E-state index in [9.17, 15) is 9.59 Å². The Morgan fingerprint density at radius 3 is 2.47 bits per heavy atom. The van der Waals surface area contributed by atoms with Crippen LogP contribution in [0.25, 0.3) is 11.1 Å². The number of carbonyl (C=O) groups is 2. The van der Waals surface area contributed by atoms with Crippen molar-refractivity contribution in [3.63, 3.8) is 0 Å². The van der Waals surface area contributed by atoms with Gasteiger partial charge in [-0.25, -0.2) is 0 Å². The second-order valence-electron chi connectivity index (χ2n) is 7.70. The Labute approximate surface area is 187 Å². The number of primary amides is 1. The Balaban J connectivity index is 1.48. The number of amides is 1. The lowest BCUT2D eigenvalue weighted by atomic mass is 9.98. The first-order chi connectivity index (χ1) is 15.5. The van der Waals surface area contributed by atoms with Gasteiger partial charge in [0.2, 0.25) is 0 Å². The fourth-order valence-electron chi connectivity index (χ4n) is 3.64. The number of aromatic nitrogens is 2. The minimum absolute atomic E-state index is 0.247. The van der Waals surface area contributed by atoms with Crippen LogP contribution in [0, 0.1) is 18.8 Å². The van der Waals surface area contributed by atoms with Gasteiger partial charge in [-0.1, -0.05) is 72.5 Å². The Bertz CT molecular complexity index is 1270. The molecule has 3 aromatic rings. The lowest BCUT2D eigenvalue weighted by Gasteiger charge is -2.12. The van der Waals surface area contributed by atoms with Gasteiger partial charge in [0.1, 0.15) is 18.0 Å². The summed E-state index contributed by atoms with van der Waals surface area (Å²) in [7, 11) is 0. The van der Waals surface area contributed by atoms with Crippen molar-refractivity contribution in [3.8, 4) is 23.0 Å². The number of aryl methyl sites for hydroxylation is 1. The van der Waals surface area contributed by atoms with Crippen LogP contribution in [0.4, 0.5) is 0 Å². The second-order valence-corrected chi connectivity index (χ2v) is 7.70. The van der Waals surface area contributed by atoms with E-state index in [1.54, 1.807) is 10.7 Å². The summed E-state index contributed by atoms with van der Waals surface area (Å²) in [6, 6.07) is 17.4. The molecule has 0 saturated heterocycles. The van der Waals surface area contributed by atoms with Gasteiger partial charge in [0.25, 0.3) is 5.91 Å². The van der Waals surface area contributed by atoms with Crippen LogP contribution in [0.2, 0.25) is 0 Å². The molecule has 1 aromatic heterocycles. The summed E-state index contributed by atoms with van der Waals surface area (Å²) in [4.78, 5) is 22.3. The molecule has 158 valence electrons. The van der Waals surface area contributed by atoms with Crippen LogP contribution < -0.4 is 5.73 Å². The minimum Gasteiger partial charge on any atom is -0.364 e. The zero-order chi connectivity index (χ0) is 22.5. The summed E-state index contributed by atoms with van der Waals surface area (Å²) >= 11 is 0. The third-order valence-electron chi connectivity index (χ3n) is 5.39. The van der Waals surface area contributed by atoms with Crippen molar-refractivity contribution in [2.75, 3.05) is 0 Å². The largest absolute Gasteiger partial charge is 0.364 e. The number of aldehydes is 1. The van der Waals surface area contributed by atoms with E-state index in [2.05, 4.69) is 53.4 Å². The molecule has 0 bridgehead atoms. The smallest absolute Gasteiger partial charge is 0.269 e. The molecular formula is C27H23N3O2. The highest BCUT2D eigenvalue weighted by Gasteiger charge is 2.14. The normalized spacial score (nSPS) is 16.8. The highest BCUT2D eigenvalue weighted by atomic mass is 16.1. The van der Waals surface area contributed by atoms with Crippen molar-refractivity contribution < 1.29 is 9.59 Å². The highest BCUT2D eigenvalue weighted by molar-refractivity contribution is 5.90. The van der Waals surface area contributed by atoms with Crippen LogP contribution in [-0.2, 0) is 6.42 Å². The molecule has 1 aliphatic rings. The maximum absolute atomic E-state index is 11.4. The Morgan fingerprint density at radius 2 is 1.84 bits per heavy atom. The standard InChI is InChI=1S/C27H23N3O2/c1-19-16-26(27(28)32)29-30(19)25-5-3-2-4-20(10-15-25)17-21-6-11-23(12-7-21)24-13-8-22(18-31)9-14-24/h4,6-16,18,25H,2,17H2,1H3,(H2,28,32)/b15-10?,20-4+. The van der Waals surface area contributed by atoms with Crippen LogP contribution in [0.15, 0.2) is 78.4 Å². The van der Waals surface area contributed by atoms with Gasteiger partial charge in [-0.05, 0) is 47.8 Å². The molecule has 2 aromatic carbocycles. The van der Waals surface area contributed by atoms with Crippen LogP contribution in [0.1, 0.15) is 44.6 Å². The van der Waals surface area contributed by atoms with Crippen molar-refractivity contribution in [2.24, 2.45) is 5.73 Å². The molecule has 1 unspecified atom stereocenters. The number of rotatable bonds is 6. The zero-order valence-corrected chi connectivity index (χ0v) is 17.8. The highest BCUT2D eigenvalue weighted by Crippen LogP contribution is 2.22. The molecule has 32 heavy (non-hydrogen) atoms. The number of benzene rings is 2. The SMILES string of the molecule is Cc1cc(C(N)=O)nn1C1C#CC/C=C(/Cc2ccc(-c3ccc(C=O)cc3)cc2)C=C1. The number of hydrogen-bond donors (Lipinski definition) is 1. The van der Waals surface area contributed by atoms with Gasteiger partial charge in [-0.2, -0.15) is 5.10 Å². The summed E-state index contributed by atoms with van der Waals surface area (Å²) in [6.45, 7) is 1.89. The van der Waals surface area contributed by atoms with Gasteiger partial charge >= 0.3 is 0 Å². The second kappa shape index (κ2) is 9.32. The number of nitrogens with zero attached hydrogens (tertiary/aromatic N) is 2. The Morgan fingerprint density at radius 1 is 1.16 bits per heavy atom. The zero-order valence-electron chi connectivity index (χ0n) is 17.8. The van der Waals surface area contributed by atoms with E-state index in [0.717, 1.165) is 29.5 Å². The fourth-order valence-corrected chi connectivity index (χ4v) is 3.64. The van der Waals surface area contributed by atoms with Gasteiger partial charge in [0.15, 0.2) is 0 Å². The Hall–Kier alpha value is -4.17. The maximum Gasteiger partial charge on any atom is 0.269 e. The van der Waals surface area contributed by atoms with Crippen molar-refractivity contribution in [2.45, 2.75) is 25.8 Å². The molecular weight excluding hydrogens is 398 g/mol. The van der Waals surface area contributed by atoms with Crippen LogP contribution in [-0.4, -0.2) is 22.0 Å². The van der Waals surface area contributed by atoms with Crippen molar-refractivity contribution in [1.29, 1.82) is 0 Å². The van der Waals surface area contributed by atoms with E-state index >= 15 is 0 Å². The van der Waals surface area contributed by atoms with E-state index in [1.165, 1.54) is 11.1 Å². The lowest BCUT2D eigenvalue weighted by molar-refractivity contribution is 0.0994. The lowest BCUT2D eigenvalue weighted by Crippen LogP contribution is -2.14. The van der Waals surface area contributed by atoms with E-state index < -0.39 is 5.91 Å². The Kier molecular flexibility index (Phi) is 6.14. The number of nitrogens with two attached hydrogens (primary N) is 1. The predicted octanol–water partition coefficient (Wildman–Crippen LogP) is 4.44. The molecule has 1 atom stereocenters. The summed E-state index contributed by atoms with van der Waals surface area (Å²) in [6.07, 6.45) is 8.51. The number of hydrogen-bond acceptors (Lipinski definition) is 3. The molecule has 1 aliphatic carbocycles. The van der Waals surface area contributed by atoms with E-state index in [-0.39, 0.29) is 11.7 Å². The monoisotopic (exact) mass is 421 g/mol. The molecule has 0 aliphatic heterocycles. The molecule has 4 rings (SSSR count). The van der Waals surface area contributed by atoms with Gasteiger partial charge < -0.3 is 5.73 Å². The van der Waals surface area contributed by atoms with Crippen LogP contribution >= 0.6 is 0 Å². The van der Waals surface area contributed by atoms with Crippen molar-refractivity contribution in [3.05, 3.63) is 101 Å². The maximum atomic E-state index is 11.4. The molecule has 2 N–H and O–H groups in total. The number of allylic oxidation sites excluding steroid dienone is 4. The molecule has 0 saturated carbocycles. The first-order valence-electron chi connectivity index (χ1n) is 10.4. The van der Waals surface area contributed by atoms with Gasteiger partial charge in [-0.3, -0.25) is 14.3 Å². The van der Waals surface area contributed by atoms with E-state index in [4.69, 9.17) is 5.73 Å².